The summed E-state index contributed by atoms with van der Waals surface area (Å²) in [7, 11) is -9.81. The van der Waals surface area contributed by atoms with Crippen LogP contribution in [0.25, 0.3) is 0 Å². The van der Waals surface area contributed by atoms with Crippen LogP contribution in [0.1, 0.15) is 432 Å². The van der Waals surface area contributed by atoms with Gasteiger partial charge in [0.2, 0.25) is 0 Å². The Hall–Kier alpha value is -4.31. The molecule has 0 amide bonds. The number of unbranched alkanes of at least 4 members (excludes halogenated alkanes) is 47. The molecule has 0 aromatic carbocycles. The summed E-state index contributed by atoms with van der Waals surface area (Å²) in [4.78, 5) is 59.0. The Labute approximate surface area is 728 Å². The van der Waals surface area contributed by atoms with Crippen LogP contribution < -0.4 is 0 Å². The lowest BCUT2D eigenvalue weighted by Crippen LogP contribution is -2.30. The first-order valence-electron chi connectivity index (χ1n) is 48.5. The fourth-order valence-electron chi connectivity index (χ4n) is 13.4. The number of aliphatic hydroxyl groups is 2. The highest BCUT2D eigenvalue weighted by Gasteiger charge is 2.30. The molecule has 18 heteroatoms. The third-order valence-electron chi connectivity index (χ3n) is 20.8. The maximum atomic E-state index is 13.1. The summed E-state index contributed by atoms with van der Waals surface area (Å²) in [5.41, 5.74) is 0. The fraction of sp³-hybridized carbons (Fsp3) is 0.752. The lowest BCUT2D eigenvalue weighted by atomic mass is 10.0. The van der Waals surface area contributed by atoms with E-state index in [2.05, 4.69) is 154 Å². The van der Waals surface area contributed by atoms with E-state index in [9.17, 15) is 43.5 Å². The molecule has 0 rings (SSSR count). The van der Waals surface area contributed by atoms with Gasteiger partial charge in [0.25, 0.3) is 0 Å². The predicted octanol–water partition coefficient (Wildman–Crippen LogP) is 30.1. The molecule has 688 valence electrons. The zero-order chi connectivity index (χ0) is 86.5. The average molecular weight is 1710 g/mol. The van der Waals surface area contributed by atoms with Gasteiger partial charge in [-0.3, -0.25) is 32.5 Å². The van der Waals surface area contributed by atoms with Gasteiger partial charge in [0, 0.05) is 19.3 Å². The third kappa shape index (κ3) is 94.2. The van der Waals surface area contributed by atoms with E-state index in [4.69, 9.17) is 32.3 Å². The molecule has 0 aromatic heterocycles. The molecule has 0 aliphatic carbocycles. The molecule has 0 bridgehead atoms. The highest BCUT2D eigenvalue weighted by molar-refractivity contribution is 7.47. The number of hydrogen-bond acceptors (Lipinski definition) is 14. The van der Waals surface area contributed by atoms with E-state index in [0.29, 0.717) is 19.3 Å². The number of allylic oxidation sites excluding steroid dienone is 22. The molecule has 0 radical (unpaired) electrons. The summed E-state index contributed by atoms with van der Waals surface area (Å²) in [6, 6.07) is 0. The summed E-state index contributed by atoms with van der Waals surface area (Å²) in [6.07, 6.45) is 117. The van der Waals surface area contributed by atoms with Crippen LogP contribution >= 0.6 is 15.6 Å². The van der Waals surface area contributed by atoms with E-state index in [0.717, 1.165) is 148 Å². The van der Waals surface area contributed by atoms with Crippen molar-refractivity contribution in [2.75, 3.05) is 39.6 Å². The second kappa shape index (κ2) is 92.9. The second-order valence-corrected chi connectivity index (χ2v) is 35.4. The fourth-order valence-corrected chi connectivity index (χ4v) is 15.0. The van der Waals surface area contributed by atoms with Gasteiger partial charge in [-0.1, -0.05) is 398 Å². The molecule has 4 N–H and O–H groups in total. The van der Waals surface area contributed by atoms with Gasteiger partial charge in [0.1, 0.15) is 25.4 Å². The Morgan fingerprint density at radius 3 is 0.664 bits per heavy atom. The Morgan fingerprint density at radius 1 is 0.235 bits per heavy atom. The zero-order valence-electron chi connectivity index (χ0n) is 76.0. The van der Waals surface area contributed by atoms with Crippen molar-refractivity contribution >= 4 is 33.6 Å². The molecule has 0 saturated heterocycles. The molecule has 0 spiro atoms. The minimum Gasteiger partial charge on any atom is -0.463 e. The molecule has 0 fully saturated rings. The van der Waals surface area contributed by atoms with Gasteiger partial charge >= 0.3 is 33.6 Å². The molecular weight excluding hydrogens is 1530 g/mol. The van der Waals surface area contributed by atoms with Gasteiger partial charge < -0.3 is 34.2 Å². The van der Waals surface area contributed by atoms with Crippen molar-refractivity contribution in [2.24, 2.45) is 0 Å². The third-order valence-corrected chi connectivity index (χ3v) is 22.7. The lowest BCUT2D eigenvalue weighted by Gasteiger charge is -2.21. The quantitative estimate of drug-likeness (QED) is 0.0146. The second-order valence-electron chi connectivity index (χ2n) is 32.5. The van der Waals surface area contributed by atoms with Crippen molar-refractivity contribution in [2.45, 2.75) is 450 Å². The predicted molar refractivity (Wildman–Crippen MR) is 500 cm³/mol. The smallest absolute Gasteiger partial charge is 0.463 e. The van der Waals surface area contributed by atoms with E-state index >= 15 is 0 Å². The topological polar surface area (TPSA) is 231 Å². The van der Waals surface area contributed by atoms with Crippen molar-refractivity contribution in [1.29, 1.82) is 0 Å². The van der Waals surface area contributed by atoms with Gasteiger partial charge in [-0.25, -0.2) is 9.13 Å². The van der Waals surface area contributed by atoms with Crippen LogP contribution in [0, 0.1) is 0 Å². The molecule has 119 heavy (non-hydrogen) atoms. The first kappa shape index (κ1) is 115. The van der Waals surface area contributed by atoms with Gasteiger partial charge in [0.05, 0.1) is 26.4 Å². The van der Waals surface area contributed by atoms with Crippen LogP contribution in [0.4, 0.5) is 0 Å². The minimum absolute atomic E-state index is 0.0891. The van der Waals surface area contributed by atoms with Crippen molar-refractivity contribution in [3.63, 3.8) is 0 Å². The highest BCUT2D eigenvalue weighted by atomic mass is 31.2. The van der Waals surface area contributed by atoms with Crippen LogP contribution in [0.15, 0.2) is 134 Å². The number of phosphoric ester groups is 2. The SMILES string of the molecule is CCCCC/C=C\C/C=C\C/C=C\C/C=C\CCCCCCCCCCCCCCCCCCCCCC(=O)OCC(O)COP(=O)(O)OCC(O)COP(=O)(O)OCC(COC(=O)CCCCCCCCCCCCCCC/C=C\C/C=C\C/C=C\C/C=C\CCCCC)OC(=O)CCCCCCCC/C=C\C/C=C\C/C=C\CCCCC. The molecular formula is C101H178O16P2. The van der Waals surface area contributed by atoms with Gasteiger partial charge in [-0.2, -0.15) is 0 Å². The van der Waals surface area contributed by atoms with E-state index in [1.54, 1.807) is 0 Å². The lowest BCUT2D eigenvalue weighted by molar-refractivity contribution is -0.161. The molecule has 5 atom stereocenters. The number of ether oxygens (including phenoxy) is 3. The number of esters is 3. The van der Waals surface area contributed by atoms with Gasteiger partial charge in [-0.05, 0) is 148 Å². The molecule has 0 aliphatic rings. The molecule has 0 heterocycles. The Kier molecular flexibility index (Phi) is 89.5. The molecule has 5 unspecified atom stereocenters. The number of rotatable bonds is 92. The normalized spacial score (nSPS) is 14.3. The Morgan fingerprint density at radius 2 is 0.420 bits per heavy atom. The van der Waals surface area contributed by atoms with Crippen LogP contribution in [-0.2, 0) is 55.8 Å². The van der Waals surface area contributed by atoms with Crippen LogP contribution in [-0.4, -0.2) is 95.9 Å². The van der Waals surface area contributed by atoms with Crippen LogP contribution in [0.3, 0.4) is 0 Å². The summed E-state index contributed by atoms with van der Waals surface area (Å²) >= 11 is 0. The largest absolute Gasteiger partial charge is 0.472 e. The zero-order valence-corrected chi connectivity index (χ0v) is 77.8. The maximum Gasteiger partial charge on any atom is 0.472 e. The molecule has 0 aromatic rings. The van der Waals surface area contributed by atoms with Crippen molar-refractivity contribution < 1.29 is 75.8 Å². The Bertz CT molecular complexity index is 2690. The monoisotopic (exact) mass is 1710 g/mol. The number of carbonyl (C=O) groups is 3. The number of hydrogen-bond donors (Lipinski definition) is 4. The summed E-state index contributed by atoms with van der Waals surface area (Å²) in [5, 5.41) is 20.8. The number of phosphoric acid groups is 2. The summed E-state index contributed by atoms with van der Waals surface area (Å²) < 4.78 is 61.5. The van der Waals surface area contributed by atoms with Crippen LogP contribution in [0.2, 0.25) is 0 Å². The maximum absolute atomic E-state index is 13.1. The van der Waals surface area contributed by atoms with E-state index in [1.165, 1.54) is 225 Å². The minimum atomic E-state index is -4.94. The highest BCUT2D eigenvalue weighted by Crippen LogP contribution is 2.45. The van der Waals surface area contributed by atoms with E-state index in [-0.39, 0.29) is 19.3 Å². The average Bonchev–Trinajstić information content (AvgIpc) is 0.924. The standard InChI is InChI=1S/C101H178O16P2/c1-4-7-10-13-16-19-22-25-28-31-34-36-38-40-42-44-45-46-47-48-49-51-53-54-56-58-61-63-66-69-72-75-78-81-84-87-99(104)111-90-96(102)91-113-118(107,108)114-92-97(103)93-115-119(109,110)116-95-98(117-101(106)89-86-83-80-77-74-71-68-65-60-33-30-27-24-21-18-15-12-9-6-3)94-112-100(105)88-85-82-79-76-73-70-67-64-62-59-57-55-52-50-43-41-39-37-35-32-29-26-23-20-17-14-11-8-5-2/h16-21,25-30,34-37,40-43,60,65,96-98,102-103H,4-15,22-24,31-33,38-39,44-59,61-64,66-95H2,1-3H3,(H,107,108)(H,109,110)/b19-16-,20-17-,21-18-,28-25-,29-26-,30-27-,36-34-,37-35-,42-40-,43-41-,65-60-. The summed E-state index contributed by atoms with van der Waals surface area (Å²) in [5.74, 6) is -1.57. The van der Waals surface area contributed by atoms with Gasteiger partial charge in [0.15, 0.2) is 6.10 Å². The molecule has 16 nitrogen and oxygen atoms in total. The molecule has 0 aliphatic heterocycles. The first-order chi connectivity index (χ1) is 58.2. The number of carbonyl (C=O) groups excluding carboxylic acids is 3. The van der Waals surface area contributed by atoms with Crippen molar-refractivity contribution in [1.82, 2.24) is 0 Å². The number of aliphatic hydroxyl groups excluding tert-OH is 2. The van der Waals surface area contributed by atoms with Crippen molar-refractivity contribution in [3.8, 4) is 0 Å². The van der Waals surface area contributed by atoms with E-state index < -0.39 is 91.5 Å². The molecule has 0 saturated carbocycles. The van der Waals surface area contributed by atoms with E-state index in [1.807, 2.05) is 0 Å². The summed E-state index contributed by atoms with van der Waals surface area (Å²) in [6.45, 7) is 2.65. The van der Waals surface area contributed by atoms with Crippen molar-refractivity contribution in [3.05, 3.63) is 134 Å². The van der Waals surface area contributed by atoms with Gasteiger partial charge in [-0.15, -0.1) is 0 Å². The first-order valence-corrected chi connectivity index (χ1v) is 51.5. The Balaban J connectivity index is 4.49. The van der Waals surface area contributed by atoms with Crippen LogP contribution in [0.5, 0.6) is 0 Å².